The molecule has 0 radical (unpaired) electrons. The van der Waals surface area contributed by atoms with Crippen LogP contribution in [-0.4, -0.2) is 21.6 Å². The number of ether oxygens (including phenoxy) is 1. The number of thiazole rings is 1. The van der Waals surface area contributed by atoms with Crippen LogP contribution in [0, 0.1) is 0 Å². The molecule has 0 saturated carbocycles. The average molecular weight is 434 g/mol. The maximum Gasteiger partial charge on any atom is 0.262 e. The number of nitrogens with zero attached hydrogens (tertiary/aromatic N) is 3. The van der Waals surface area contributed by atoms with Crippen molar-refractivity contribution in [1.82, 2.24) is 14.5 Å². The molecule has 0 spiro atoms. The molecular formula is C17H12BrN3O2S2. The lowest BCUT2D eigenvalue weighted by molar-refractivity contribution is 0.416. The van der Waals surface area contributed by atoms with Crippen molar-refractivity contribution in [3.63, 3.8) is 0 Å². The second-order valence-electron chi connectivity index (χ2n) is 5.31. The van der Waals surface area contributed by atoms with E-state index in [1.165, 1.54) is 22.7 Å². The Morgan fingerprint density at radius 3 is 3.00 bits per heavy atom. The van der Waals surface area contributed by atoms with Gasteiger partial charge in [-0.05, 0) is 29.6 Å². The monoisotopic (exact) mass is 433 g/mol. The van der Waals surface area contributed by atoms with Crippen molar-refractivity contribution in [2.45, 2.75) is 6.54 Å². The van der Waals surface area contributed by atoms with Gasteiger partial charge in [-0.15, -0.1) is 22.7 Å². The van der Waals surface area contributed by atoms with E-state index >= 15 is 0 Å². The van der Waals surface area contributed by atoms with Crippen molar-refractivity contribution in [2.75, 3.05) is 7.11 Å². The number of aromatic nitrogens is 3. The first-order chi connectivity index (χ1) is 12.2. The van der Waals surface area contributed by atoms with Crippen LogP contribution in [0.1, 0.15) is 5.69 Å². The summed E-state index contributed by atoms with van der Waals surface area (Å²) in [5, 5.41) is 5.34. The first kappa shape index (κ1) is 16.4. The second-order valence-corrected chi connectivity index (χ2v) is 7.97. The number of halogens is 1. The molecule has 0 unspecified atom stereocenters. The number of methoxy groups -OCH3 is 1. The van der Waals surface area contributed by atoms with Crippen LogP contribution >= 0.6 is 38.6 Å². The number of hydrogen-bond donors (Lipinski definition) is 0. The van der Waals surface area contributed by atoms with E-state index in [0.717, 1.165) is 31.3 Å². The smallest absolute Gasteiger partial charge is 0.262 e. The van der Waals surface area contributed by atoms with Gasteiger partial charge in [0.15, 0.2) is 0 Å². The van der Waals surface area contributed by atoms with E-state index in [1.54, 1.807) is 18.0 Å². The summed E-state index contributed by atoms with van der Waals surface area (Å²) < 4.78 is 7.97. The molecule has 8 heteroatoms. The van der Waals surface area contributed by atoms with Crippen LogP contribution < -0.4 is 10.3 Å². The Balaban J connectivity index is 1.68. The summed E-state index contributed by atoms with van der Waals surface area (Å²) in [7, 11) is 1.64. The minimum Gasteiger partial charge on any atom is -0.496 e. The van der Waals surface area contributed by atoms with E-state index in [4.69, 9.17) is 4.74 Å². The van der Waals surface area contributed by atoms with Gasteiger partial charge < -0.3 is 4.74 Å². The standard InChI is InChI=1S/C17H12BrN3O2S2/c1-23-14-3-2-10(18)6-13(14)16-20-11(8-25-16)7-21-9-19-15-12(17(21)22)4-5-24-15/h2-6,8-9H,7H2,1H3. The average Bonchev–Trinajstić information content (AvgIpc) is 3.27. The lowest BCUT2D eigenvalue weighted by Gasteiger charge is -2.06. The summed E-state index contributed by atoms with van der Waals surface area (Å²) in [6.45, 7) is 0.393. The topological polar surface area (TPSA) is 57.0 Å². The molecule has 0 amide bonds. The molecule has 0 saturated heterocycles. The van der Waals surface area contributed by atoms with E-state index in [-0.39, 0.29) is 5.56 Å². The van der Waals surface area contributed by atoms with Gasteiger partial charge in [-0.1, -0.05) is 15.9 Å². The first-order valence-corrected chi connectivity index (χ1v) is 9.92. The molecule has 0 fully saturated rings. The summed E-state index contributed by atoms with van der Waals surface area (Å²) >= 11 is 6.47. The van der Waals surface area contributed by atoms with Crippen molar-refractivity contribution in [3.05, 3.63) is 61.9 Å². The third kappa shape index (κ3) is 3.12. The normalized spacial score (nSPS) is 11.1. The Morgan fingerprint density at radius 1 is 1.28 bits per heavy atom. The van der Waals surface area contributed by atoms with Gasteiger partial charge in [0.05, 0.1) is 36.6 Å². The molecule has 0 N–H and O–H groups in total. The van der Waals surface area contributed by atoms with Crippen LogP contribution in [0.4, 0.5) is 0 Å². The molecule has 0 aliphatic heterocycles. The maximum absolute atomic E-state index is 12.5. The third-order valence-electron chi connectivity index (χ3n) is 3.73. The molecule has 1 aromatic carbocycles. The van der Waals surface area contributed by atoms with Crippen molar-refractivity contribution >= 4 is 48.8 Å². The Bertz CT molecular complexity index is 1120. The van der Waals surface area contributed by atoms with Crippen molar-refractivity contribution in [2.24, 2.45) is 0 Å². The fourth-order valence-corrected chi connectivity index (χ4v) is 4.45. The third-order valence-corrected chi connectivity index (χ3v) is 5.96. The molecule has 4 aromatic rings. The van der Waals surface area contributed by atoms with Gasteiger partial charge in [0, 0.05) is 9.85 Å². The Morgan fingerprint density at radius 2 is 2.16 bits per heavy atom. The fraction of sp³-hybridized carbons (Fsp3) is 0.118. The molecule has 0 aliphatic rings. The van der Waals surface area contributed by atoms with E-state index in [0.29, 0.717) is 11.9 Å². The molecule has 0 bridgehead atoms. The van der Waals surface area contributed by atoms with Crippen molar-refractivity contribution in [3.8, 4) is 16.3 Å². The van der Waals surface area contributed by atoms with E-state index in [1.807, 2.05) is 35.0 Å². The number of fused-ring (bicyclic) bond motifs is 1. The Kier molecular flexibility index (Phi) is 4.41. The second kappa shape index (κ2) is 6.70. The number of thiophene rings is 1. The van der Waals surface area contributed by atoms with Crippen LogP contribution in [0.3, 0.4) is 0 Å². The lowest BCUT2D eigenvalue weighted by Crippen LogP contribution is -2.20. The molecule has 3 heterocycles. The van der Waals surface area contributed by atoms with E-state index < -0.39 is 0 Å². The van der Waals surface area contributed by atoms with Gasteiger partial charge >= 0.3 is 0 Å². The molecule has 4 rings (SSSR count). The summed E-state index contributed by atoms with van der Waals surface area (Å²) in [6.07, 6.45) is 1.58. The van der Waals surface area contributed by atoms with Gasteiger partial charge in [0.1, 0.15) is 15.6 Å². The highest BCUT2D eigenvalue weighted by Crippen LogP contribution is 2.34. The first-order valence-electron chi connectivity index (χ1n) is 7.36. The molecule has 126 valence electrons. The predicted molar refractivity (Wildman–Crippen MR) is 105 cm³/mol. The molecule has 0 atom stereocenters. The van der Waals surface area contributed by atoms with Crippen LogP contribution in [0.5, 0.6) is 5.75 Å². The van der Waals surface area contributed by atoms with Gasteiger partial charge in [-0.2, -0.15) is 0 Å². The predicted octanol–water partition coefficient (Wildman–Crippen LogP) is 4.40. The minimum atomic E-state index is -0.0409. The summed E-state index contributed by atoms with van der Waals surface area (Å²) in [5.41, 5.74) is 1.70. The van der Waals surface area contributed by atoms with Crippen LogP contribution in [-0.2, 0) is 6.54 Å². The van der Waals surface area contributed by atoms with Gasteiger partial charge in [-0.3, -0.25) is 9.36 Å². The van der Waals surface area contributed by atoms with Gasteiger partial charge in [-0.25, -0.2) is 9.97 Å². The highest BCUT2D eigenvalue weighted by molar-refractivity contribution is 9.10. The summed E-state index contributed by atoms with van der Waals surface area (Å²) in [4.78, 5) is 22.3. The number of hydrogen-bond acceptors (Lipinski definition) is 6. The van der Waals surface area contributed by atoms with Crippen molar-refractivity contribution < 1.29 is 4.74 Å². The van der Waals surface area contributed by atoms with Crippen LogP contribution in [0.2, 0.25) is 0 Å². The van der Waals surface area contributed by atoms with Gasteiger partial charge in [0.25, 0.3) is 5.56 Å². The van der Waals surface area contributed by atoms with Crippen LogP contribution in [0.15, 0.2) is 50.6 Å². The quantitative estimate of drug-likeness (QED) is 0.478. The Labute approximate surface area is 159 Å². The van der Waals surface area contributed by atoms with Crippen LogP contribution in [0.25, 0.3) is 20.8 Å². The minimum absolute atomic E-state index is 0.0409. The Hall–Kier alpha value is -2.03. The largest absolute Gasteiger partial charge is 0.496 e. The molecule has 5 nitrogen and oxygen atoms in total. The van der Waals surface area contributed by atoms with E-state index in [2.05, 4.69) is 25.9 Å². The molecule has 25 heavy (non-hydrogen) atoms. The molecular weight excluding hydrogens is 422 g/mol. The summed E-state index contributed by atoms with van der Waals surface area (Å²) in [6, 6.07) is 7.62. The zero-order chi connectivity index (χ0) is 17.4. The fourth-order valence-electron chi connectivity index (χ4n) is 2.53. The SMILES string of the molecule is COc1ccc(Br)cc1-c1nc(Cn2cnc3sccc3c2=O)cs1. The maximum atomic E-state index is 12.5. The highest BCUT2D eigenvalue weighted by atomic mass is 79.9. The van der Waals surface area contributed by atoms with Gasteiger partial charge in [0.2, 0.25) is 0 Å². The highest BCUT2D eigenvalue weighted by Gasteiger charge is 2.12. The zero-order valence-electron chi connectivity index (χ0n) is 13.1. The van der Waals surface area contributed by atoms with E-state index in [9.17, 15) is 4.79 Å². The van der Waals surface area contributed by atoms with Crippen molar-refractivity contribution in [1.29, 1.82) is 0 Å². The zero-order valence-corrected chi connectivity index (χ0v) is 16.3. The lowest BCUT2D eigenvalue weighted by atomic mass is 10.2. The molecule has 3 aromatic heterocycles. The molecule has 0 aliphatic carbocycles. The number of benzene rings is 1. The summed E-state index contributed by atoms with van der Waals surface area (Å²) in [5.74, 6) is 0.766. The number of rotatable bonds is 4.